The highest BCUT2D eigenvalue weighted by molar-refractivity contribution is 5.91. The minimum absolute atomic E-state index is 0.0487. The second-order valence-corrected chi connectivity index (χ2v) is 7.14. The summed E-state index contributed by atoms with van der Waals surface area (Å²) in [5.74, 6) is -0.270. The zero-order valence-electron chi connectivity index (χ0n) is 16.3. The van der Waals surface area contributed by atoms with Crippen molar-refractivity contribution < 1.29 is 19.5 Å². The predicted molar refractivity (Wildman–Crippen MR) is 104 cm³/mol. The second-order valence-electron chi connectivity index (χ2n) is 7.14. The smallest absolute Gasteiger partial charge is 0.312 e. The molecule has 0 aromatic heterocycles. The number of benzene rings is 1. The summed E-state index contributed by atoms with van der Waals surface area (Å²) in [6.45, 7) is 6.05. The quantitative estimate of drug-likeness (QED) is 0.437. The molecule has 7 heteroatoms. The summed E-state index contributed by atoms with van der Waals surface area (Å²) in [5, 5.41) is 14.4. The van der Waals surface area contributed by atoms with Crippen molar-refractivity contribution in [1.29, 1.82) is 0 Å². The van der Waals surface area contributed by atoms with Crippen molar-refractivity contribution in [1.82, 2.24) is 10.6 Å². The molecule has 0 aliphatic carbocycles. The first-order valence-electron chi connectivity index (χ1n) is 9.29. The van der Waals surface area contributed by atoms with Crippen LogP contribution >= 0.6 is 0 Å². The Morgan fingerprint density at radius 3 is 2.19 bits per heavy atom. The van der Waals surface area contributed by atoms with Crippen LogP contribution in [0.2, 0.25) is 0 Å². The number of nitrogens with one attached hydrogen (secondary N) is 2. The number of Topliss-reactive ketones (excluding diaryl/α,β-unsaturated/α-hetero) is 1. The van der Waals surface area contributed by atoms with Gasteiger partial charge in [-0.05, 0) is 29.9 Å². The zero-order chi connectivity index (χ0) is 20.4. The number of aliphatic hydroxyl groups excluding tert-OH is 1. The highest BCUT2D eigenvalue weighted by Crippen LogP contribution is 2.12. The highest BCUT2D eigenvalue weighted by atomic mass is 16.3. The Kier molecular flexibility index (Phi) is 9.50. The molecule has 0 saturated heterocycles. The number of nitrogens with two attached hydrogens (primary N) is 1. The molecule has 7 nitrogen and oxygen atoms in total. The van der Waals surface area contributed by atoms with Crippen LogP contribution in [0.25, 0.3) is 0 Å². The van der Waals surface area contributed by atoms with Crippen LogP contribution in [0.15, 0.2) is 24.3 Å². The van der Waals surface area contributed by atoms with Crippen LogP contribution in [0.5, 0.6) is 0 Å². The summed E-state index contributed by atoms with van der Waals surface area (Å²) >= 11 is 0. The van der Waals surface area contributed by atoms with E-state index in [4.69, 9.17) is 10.8 Å². The molecule has 0 spiro atoms. The van der Waals surface area contributed by atoms with Gasteiger partial charge in [0, 0.05) is 18.9 Å². The van der Waals surface area contributed by atoms with E-state index in [1.807, 2.05) is 20.8 Å². The lowest BCUT2D eigenvalue weighted by atomic mass is 9.95. The monoisotopic (exact) mass is 377 g/mol. The molecule has 0 saturated carbocycles. The number of rotatable bonds is 11. The fraction of sp³-hybridized carbons (Fsp3) is 0.550. The number of urea groups is 1. The van der Waals surface area contributed by atoms with Gasteiger partial charge in [-0.1, -0.05) is 45.0 Å². The highest BCUT2D eigenvalue weighted by Gasteiger charge is 2.24. The fourth-order valence-corrected chi connectivity index (χ4v) is 2.52. The van der Waals surface area contributed by atoms with Gasteiger partial charge in [0.25, 0.3) is 0 Å². The maximum atomic E-state index is 12.7. The lowest BCUT2D eigenvalue weighted by molar-refractivity contribution is -0.130. The van der Waals surface area contributed by atoms with Gasteiger partial charge in [-0.3, -0.25) is 9.59 Å². The van der Waals surface area contributed by atoms with Crippen molar-refractivity contribution in [3.05, 3.63) is 35.4 Å². The van der Waals surface area contributed by atoms with Gasteiger partial charge in [0.2, 0.25) is 5.91 Å². The summed E-state index contributed by atoms with van der Waals surface area (Å²) in [5.41, 5.74) is 6.64. The van der Waals surface area contributed by atoms with E-state index in [0.29, 0.717) is 19.4 Å². The molecule has 3 amide bonds. The topological polar surface area (TPSA) is 122 Å². The number of ketones is 1. The molecule has 0 bridgehead atoms. The summed E-state index contributed by atoms with van der Waals surface area (Å²) in [6, 6.07) is 5.91. The Bertz CT molecular complexity index is 629. The molecule has 27 heavy (non-hydrogen) atoms. The molecular formula is C20H31N3O4. The van der Waals surface area contributed by atoms with Gasteiger partial charge in [0.1, 0.15) is 0 Å². The normalized spacial score (nSPS) is 13.1. The van der Waals surface area contributed by atoms with Crippen molar-refractivity contribution in [2.75, 3.05) is 6.54 Å². The first-order chi connectivity index (χ1) is 12.7. The Labute approximate surface area is 160 Å². The Morgan fingerprint density at radius 2 is 1.67 bits per heavy atom. The predicted octanol–water partition coefficient (Wildman–Crippen LogP) is 1.52. The maximum absolute atomic E-state index is 12.7. The van der Waals surface area contributed by atoms with Gasteiger partial charge in [-0.15, -0.1) is 0 Å². The average molecular weight is 377 g/mol. The molecule has 0 radical (unpaired) electrons. The van der Waals surface area contributed by atoms with Gasteiger partial charge >= 0.3 is 6.03 Å². The number of hydrogen-bond acceptors (Lipinski definition) is 4. The van der Waals surface area contributed by atoms with Crippen LogP contribution in [0.3, 0.4) is 0 Å². The van der Waals surface area contributed by atoms with Crippen molar-refractivity contribution in [3.63, 3.8) is 0 Å². The number of carbonyl (C=O) groups excluding carboxylic acids is 3. The Balaban J connectivity index is 2.75. The number of primary amides is 1. The third kappa shape index (κ3) is 8.21. The van der Waals surface area contributed by atoms with Crippen LogP contribution in [-0.2, 0) is 22.6 Å². The molecule has 0 aliphatic rings. The van der Waals surface area contributed by atoms with E-state index >= 15 is 0 Å². The molecule has 1 aromatic rings. The van der Waals surface area contributed by atoms with Gasteiger partial charge in [0.05, 0.1) is 12.6 Å². The number of carbonyl (C=O) groups is 3. The van der Waals surface area contributed by atoms with E-state index in [1.165, 1.54) is 0 Å². The third-order valence-electron chi connectivity index (χ3n) is 4.67. The average Bonchev–Trinajstić information content (AvgIpc) is 2.63. The molecule has 0 fully saturated rings. The van der Waals surface area contributed by atoms with Crippen LogP contribution in [0.1, 0.15) is 44.7 Å². The molecule has 1 unspecified atom stereocenters. The van der Waals surface area contributed by atoms with E-state index in [0.717, 1.165) is 11.1 Å². The number of hydrogen-bond donors (Lipinski definition) is 4. The Hall–Kier alpha value is -2.41. The van der Waals surface area contributed by atoms with Crippen LogP contribution in [-0.4, -0.2) is 35.4 Å². The molecule has 0 aliphatic heterocycles. The largest absolute Gasteiger partial charge is 0.392 e. The van der Waals surface area contributed by atoms with Crippen LogP contribution in [0, 0.1) is 11.8 Å². The summed E-state index contributed by atoms with van der Waals surface area (Å²) in [4.78, 5) is 35.9. The molecule has 1 aromatic carbocycles. The minimum Gasteiger partial charge on any atom is -0.392 e. The molecule has 1 rings (SSSR count). The number of aliphatic hydroxyl groups is 1. The lowest BCUT2D eigenvalue weighted by Crippen LogP contribution is -2.45. The van der Waals surface area contributed by atoms with E-state index < -0.39 is 12.1 Å². The van der Waals surface area contributed by atoms with Gasteiger partial charge in [-0.25, -0.2) is 4.79 Å². The van der Waals surface area contributed by atoms with Crippen molar-refractivity contribution in [2.24, 2.45) is 17.6 Å². The third-order valence-corrected chi connectivity index (χ3v) is 4.67. The van der Waals surface area contributed by atoms with Gasteiger partial charge in [0.15, 0.2) is 5.78 Å². The summed E-state index contributed by atoms with van der Waals surface area (Å²) < 4.78 is 0. The fourth-order valence-electron chi connectivity index (χ4n) is 2.52. The van der Waals surface area contributed by atoms with E-state index in [-0.39, 0.29) is 36.6 Å². The zero-order valence-corrected chi connectivity index (χ0v) is 16.3. The molecule has 2 atom stereocenters. The molecule has 5 N–H and O–H groups in total. The van der Waals surface area contributed by atoms with Crippen molar-refractivity contribution in [3.8, 4) is 0 Å². The molecular weight excluding hydrogens is 346 g/mol. The van der Waals surface area contributed by atoms with Crippen LogP contribution < -0.4 is 16.4 Å². The van der Waals surface area contributed by atoms with Crippen molar-refractivity contribution in [2.45, 2.75) is 52.7 Å². The maximum Gasteiger partial charge on any atom is 0.312 e. The molecule has 150 valence electrons. The summed E-state index contributed by atoms with van der Waals surface area (Å²) in [6.07, 6.45) is 1.14. The van der Waals surface area contributed by atoms with E-state index in [1.54, 1.807) is 24.3 Å². The van der Waals surface area contributed by atoms with Crippen LogP contribution in [0.4, 0.5) is 4.79 Å². The van der Waals surface area contributed by atoms with Gasteiger partial charge in [-0.2, -0.15) is 0 Å². The van der Waals surface area contributed by atoms with Crippen molar-refractivity contribution >= 4 is 17.7 Å². The standard InChI is InChI=1S/C20H31N3O4/c1-13(2)14(3)19(26)23-17(5-4-10-22-20(21)27)18(25)11-15-6-8-16(12-24)9-7-15/h6-9,13-14,17,24H,4-5,10-12H2,1-3H3,(H,23,26)(H3,21,22,27)/t14-,17?/m0/s1. The SMILES string of the molecule is CC(C)[C@H](C)C(=O)NC(CCCNC(N)=O)C(=O)Cc1ccc(CO)cc1. The first-order valence-corrected chi connectivity index (χ1v) is 9.29. The second kappa shape index (κ2) is 11.3. The summed E-state index contributed by atoms with van der Waals surface area (Å²) in [7, 11) is 0. The number of amides is 3. The minimum atomic E-state index is -0.620. The van der Waals surface area contributed by atoms with Gasteiger partial charge < -0.3 is 21.5 Å². The van der Waals surface area contributed by atoms with E-state index in [9.17, 15) is 14.4 Å². The molecule has 0 heterocycles. The first kappa shape index (κ1) is 22.6. The van der Waals surface area contributed by atoms with E-state index in [2.05, 4.69) is 10.6 Å². The Morgan fingerprint density at radius 1 is 1.07 bits per heavy atom. The lowest BCUT2D eigenvalue weighted by Gasteiger charge is -2.22.